The molecule has 0 aromatic heterocycles. The second-order valence-corrected chi connectivity index (χ2v) is 3.82. The molecule has 0 amide bonds. The van der Waals surface area contributed by atoms with E-state index in [1.54, 1.807) is 0 Å². The summed E-state index contributed by atoms with van der Waals surface area (Å²) in [6.07, 6.45) is 2.71. The van der Waals surface area contributed by atoms with E-state index in [1.165, 1.54) is 6.42 Å². The van der Waals surface area contributed by atoms with Crippen LogP contribution < -0.4 is 0 Å². The van der Waals surface area contributed by atoms with Crippen LogP contribution in [0.2, 0.25) is 0 Å². The van der Waals surface area contributed by atoms with Crippen LogP contribution in [-0.4, -0.2) is 22.9 Å². The number of rotatable bonds is 6. The summed E-state index contributed by atoms with van der Waals surface area (Å²) in [5.41, 5.74) is 0. The molecule has 74 valence electrons. The number of aliphatic hydroxyl groups is 2. The third-order valence-corrected chi connectivity index (χ3v) is 2.60. The maximum absolute atomic E-state index is 9.50. The standard InChI is InChI=1S/C10H22O2/c1-4-8(2)5-6-10(12)9(3)7-11/h8-12H,4-7H2,1-3H3/t8-,9-,10-/m0/s1. The largest absolute Gasteiger partial charge is 0.396 e. The quantitative estimate of drug-likeness (QED) is 0.644. The van der Waals surface area contributed by atoms with Gasteiger partial charge in [-0.3, -0.25) is 0 Å². The van der Waals surface area contributed by atoms with Crippen molar-refractivity contribution in [1.29, 1.82) is 0 Å². The molecule has 0 aliphatic carbocycles. The van der Waals surface area contributed by atoms with Crippen molar-refractivity contribution in [2.75, 3.05) is 6.61 Å². The molecule has 0 aliphatic heterocycles. The third-order valence-electron chi connectivity index (χ3n) is 2.60. The minimum atomic E-state index is -0.330. The molecule has 0 saturated heterocycles. The Kier molecular flexibility index (Phi) is 6.39. The maximum atomic E-state index is 9.50. The van der Waals surface area contributed by atoms with Crippen molar-refractivity contribution in [1.82, 2.24) is 0 Å². The predicted octanol–water partition coefficient (Wildman–Crippen LogP) is 1.80. The molecule has 0 heterocycles. The van der Waals surface area contributed by atoms with E-state index in [1.807, 2.05) is 6.92 Å². The minimum absolute atomic E-state index is 0.0223. The van der Waals surface area contributed by atoms with Crippen molar-refractivity contribution in [3.8, 4) is 0 Å². The lowest BCUT2D eigenvalue weighted by Gasteiger charge is -2.17. The molecule has 0 aromatic rings. The van der Waals surface area contributed by atoms with E-state index in [0.29, 0.717) is 5.92 Å². The molecular weight excluding hydrogens is 152 g/mol. The van der Waals surface area contributed by atoms with Gasteiger partial charge >= 0.3 is 0 Å². The molecule has 2 nitrogen and oxygen atoms in total. The fraction of sp³-hybridized carbons (Fsp3) is 1.00. The molecule has 0 unspecified atom stereocenters. The lowest BCUT2D eigenvalue weighted by Crippen LogP contribution is -2.21. The van der Waals surface area contributed by atoms with Crippen LogP contribution in [0.4, 0.5) is 0 Å². The van der Waals surface area contributed by atoms with E-state index in [0.717, 1.165) is 12.8 Å². The van der Waals surface area contributed by atoms with Crippen molar-refractivity contribution in [2.45, 2.75) is 46.1 Å². The second-order valence-electron chi connectivity index (χ2n) is 3.82. The topological polar surface area (TPSA) is 40.5 Å². The zero-order valence-corrected chi connectivity index (χ0v) is 8.45. The van der Waals surface area contributed by atoms with Crippen molar-refractivity contribution in [3.63, 3.8) is 0 Å². The molecule has 0 bridgehead atoms. The number of aliphatic hydroxyl groups excluding tert-OH is 2. The molecule has 2 N–H and O–H groups in total. The first-order valence-corrected chi connectivity index (χ1v) is 4.90. The Morgan fingerprint density at radius 2 is 1.75 bits per heavy atom. The minimum Gasteiger partial charge on any atom is -0.396 e. The summed E-state index contributed by atoms with van der Waals surface area (Å²) in [5.74, 6) is 0.708. The van der Waals surface area contributed by atoms with Crippen LogP contribution in [0.3, 0.4) is 0 Å². The summed E-state index contributed by atoms with van der Waals surface area (Å²) in [5, 5.41) is 18.3. The van der Waals surface area contributed by atoms with Gasteiger partial charge in [0, 0.05) is 12.5 Å². The van der Waals surface area contributed by atoms with Crippen LogP contribution >= 0.6 is 0 Å². The smallest absolute Gasteiger partial charge is 0.0587 e. The number of hydrogen-bond donors (Lipinski definition) is 2. The second kappa shape index (κ2) is 6.44. The fourth-order valence-electron chi connectivity index (χ4n) is 1.07. The van der Waals surface area contributed by atoms with Crippen LogP contribution in [-0.2, 0) is 0 Å². The zero-order valence-electron chi connectivity index (χ0n) is 8.45. The van der Waals surface area contributed by atoms with Gasteiger partial charge in [0.05, 0.1) is 6.10 Å². The van der Waals surface area contributed by atoms with E-state index in [-0.39, 0.29) is 18.6 Å². The van der Waals surface area contributed by atoms with Gasteiger partial charge in [-0.15, -0.1) is 0 Å². The first kappa shape index (κ1) is 11.9. The highest BCUT2D eigenvalue weighted by molar-refractivity contribution is 4.64. The first-order valence-electron chi connectivity index (χ1n) is 4.90. The molecule has 0 rings (SSSR count). The Morgan fingerprint density at radius 1 is 1.17 bits per heavy atom. The molecule has 3 atom stereocenters. The summed E-state index contributed by atoms with van der Waals surface area (Å²) in [4.78, 5) is 0. The Morgan fingerprint density at radius 3 is 2.17 bits per heavy atom. The van der Waals surface area contributed by atoms with E-state index in [4.69, 9.17) is 5.11 Å². The van der Waals surface area contributed by atoms with Crippen molar-refractivity contribution < 1.29 is 10.2 Å². The van der Waals surface area contributed by atoms with Gasteiger partial charge in [0.2, 0.25) is 0 Å². The predicted molar refractivity (Wildman–Crippen MR) is 50.9 cm³/mol. The summed E-state index contributed by atoms with van der Waals surface area (Å²) < 4.78 is 0. The van der Waals surface area contributed by atoms with Gasteiger partial charge in [-0.05, 0) is 18.8 Å². The molecular formula is C10H22O2. The summed E-state index contributed by atoms with van der Waals surface area (Å²) in [7, 11) is 0. The van der Waals surface area contributed by atoms with Crippen LogP contribution in [0.25, 0.3) is 0 Å². The Labute approximate surface area is 75.6 Å². The molecule has 0 saturated carbocycles. The van der Waals surface area contributed by atoms with Crippen molar-refractivity contribution in [2.24, 2.45) is 11.8 Å². The van der Waals surface area contributed by atoms with Crippen molar-refractivity contribution >= 4 is 0 Å². The van der Waals surface area contributed by atoms with Crippen molar-refractivity contribution in [3.05, 3.63) is 0 Å². The molecule has 0 radical (unpaired) electrons. The first-order chi connectivity index (χ1) is 5.61. The number of hydrogen-bond acceptors (Lipinski definition) is 2. The molecule has 12 heavy (non-hydrogen) atoms. The average Bonchev–Trinajstić information content (AvgIpc) is 2.11. The van der Waals surface area contributed by atoms with Gasteiger partial charge in [0.25, 0.3) is 0 Å². The molecule has 0 aromatic carbocycles. The van der Waals surface area contributed by atoms with Gasteiger partial charge in [0.1, 0.15) is 0 Å². The zero-order chi connectivity index (χ0) is 9.56. The maximum Gasteiger partial charge on any atom is 0.0587 e. The Bertz CT molecular complexity index is 104. The molecule has 0 fully saturated rings. The van der Waals surface area contributed by atoms with E-state index >= 15 is 0 Å². The average molecular weight is 174 g/mol. The summed E-state index contributed by atoms with van der Waals surface area (Å²) in [6, 6.07) is 0. The SMILES string of the molecule is CC[C@H](C)CC[C@H](O)[C@@H](C)CO. The van der Waals surface area contributed by atoms with Crippen LogP contribution in [0.5, 0.6) is 0 Å². The Hall–Kier alpha value is -0.0800. The monoisotopic (exact) mass is 174 g/mol. The molecule has 0 aliphatic rings. The Balaban J connectivity index is 3.49. The normalized spacial score (nSPS) is 18.8. The molecule has 0 spiro atoms. The van der Waals surface area contributed by atoms with Gasteiger partial charge in [-0.25, -0.2) is 0 Å². The van der Waals surface area contributed by atoms with Gasteiger partial charge in [-0.2, -0.15) is 0 Å². The van der Waals surface area contributed by atoms with Gasteiger partial charge in [0.15, 0.2) is 0 Å². The summed E-state index contributed by atoms with van der Waals surface area (Å²) >= 11 is 0. The van der Waals surface area contributed by atoms with Crippen LogP contribution in [0, 0.1) is 11.8 Å². The highest BCUT2D eigenvalue weighted by atomic mass is 16.3. The molecule has 2 heteroatoms. The van der Waals surface area contributed by atoms with Crippen LogP contribution in [0.1, 0.15) is 40.0 Å². The highest BCUT2D eigenvalue weighted by Gasteiger charge is 2.13. The van der Waals surface area contributed by atoms with E-state index in [2.05, 4.69) is 13.8 Å². The summed E-state index contributed by atoms with van der Waals surface area (Å²) in [6.45, 7) is 6.31. The van der Waals surface area contributed by atoms with E-state index < -0.39 is 0 Å². The van der Waals surface area contributed by atoms with Crippen LogP contribution in [0.15, 0.2) is 0 Å². The van der Waals surface area contributed by atoms with Gasteiger partial charge < -0.3 is 10.2 Å². The van der Waals surface area contributed by atoms with E-state index in [9.17, 15) is 5.11 Å². The third kappa shape index (κ3) is 4.73. The lowest BCUT2D eigenvalue weighted by atomic mass is 9.95. The highest BCUT2D eigenvalue weighted by Crippen LogP contribution is 2.15. The fourth-order valence-corrected chi connectivity index (χ4v) is 1.07. The lowest BCUT2D eigenvalue weighted by molar-refractivity contribution is 0.0657. The van der Waals surface area contributed by atoms with Gasteiger partial charge in [-0.1, -0.05) is 27.2 Å².